The Labute approximate surface area is 127 Å². The minimum Gasteiger partial charge on any atom is -0.300 e. The summed E-state index contributed by atoms with van der Waals surface area (Å²) in [4.78, 5) is 36.1. The van der Waals surface area contributed by atoms with E-state index in [4.69, 9.17) is 0 Å². The molecule has 0 spiro atoms. The molecule has 1 N–H and O–H groups in total. The van der Waals surface area contributed by atoms with Crippen molar-refractivity contribution in [1.29, 1.82) is 0 Å². The van der Waals surface area contributed by atoms with E-state index in [1.807, 2.05) is 0 Å². The van der Waals surface area contributed by atoms with Crippen LogP contribution in [0, 0.1) is 0 Å². The van der Waals surface area contributed by atoms with Gasteiger partial charge >= 0.3 is 0 Å². The van der Waals surface area contributed by atoms with Crippen molar-refractivity contribution in [3.8, 4) is 0 Å². The number of carbonyl (C=O) groups is 3. The number of rotatable bonds is 6. The van der Waals surface area contributed by atoms with E-state index in [0.717, 1.165) is 4.90 Å². The lowest BCUT2D eigenvalue weighted by atomic mass is 10.1. The number of amides is 2. The van der Waals surface area contributed by atoms with Gasteiger partial charge in [-0.25, -0.2) is 0 Å². The lowest BCUT2D eigenvalue weighted by molar-refractivity contribution is -0.117. The molecule has 7 nitrogen and oxygen atoms in total. The quantitative estimate of drug-likeness (QED) is 0.615. The van der Waals surface area contributed by atoms with Gasteiger partial charge in [0.05, 0.1) is 11.1 Å². The highest BCUT2D eigenvalue weighted by molar-refractivity contribution is 7.86. The van der Waals surface area contributed by atoms with Crippen molar-refractivity contribution in [3.63, 3.8) is 0 Å². The predicted molar refractivity (Wildman–Crippen MR) is 77.1 cm³/mol. The van der Waals surface area contributed by atoms with Gasteiger partial charge in [-0.1, -0.05) is 12.1 Å². The number of hydrogen-bond acceptors (Lipinski definition) is 5. The van der Waals surface area contributed by atoms with Crippen molar-refractivity contribution >= 4 is 27.7 Å². The molecule has 118 valence electrons. The highest BCUT2D eigenvalue weighted by atomic mass is 32.2. The van der Waals surface area contributed by atoms with E-state index in [-0.39, 0.29) is 29.8 Å². The number of carbonyl (C=O) groups excluding carboxylic acids is 3. The number of hydrogen-bond donors (Lipinski definition) is 1. The molecule has 0 saturated heterocycles. The summed E-state index contributed by atoms with van der Waals surface area (Å²) < 4.78 is 32.1. The molecular formula is C14H15NO6S. The lowest BCUT2D eigenvalue weighted by Gasteiger charge is -2.20. The summed E-state index contributed by atoms with van der Waals surface area (Å²) in [5, 5.41) is -1.38. The van der Waals surface area contributed by atoms with E-state index in [0.29, 0.717) is 0 Å². The Kier molecular flexibility index (Phi) is 4.43. The fourth-order valence-electron chi connectivity index (χ4n) is 2.31. The van der Waals surface area contributed by atoms with Crippen LogP contribution in [-0.4, -0.2) is 47.3 Å². The first-order valence-electron chi connectivity index (χ1n) is 6.62. The maximum Gasteiger partial charge on any atom is 0.269 e. The number of benzene rings is 1. The monoisotopic (exact) mass is 325 g/mol. The van der Waals surface area contributed by atoms with Gasteiger partial charge in [-0.15, -0.1) is 0 Å². The molecule has 1 aliphatic rings. The van der Waals surface area contributed by atoms with Gasteiger partial charge in [0.15, 0.2) is 0 Å². The third-order valence-corrected chi connectivity index (χ3v) is 4.73. The summed E-state index contributed by atoms with van der Waals surface area (Å²) >= 11 is 0. The van der Waals surface area contributed by atoms with Gasteiger partial charge < -0.3 is 4.79 Å². The Hall–Kier alpha value is -2.06. The molecule has 1 unspecified atom stereocenters. The van der Waals surface area contributed by atoms with Crippen LogP contribution in [0.3, 0.4) is 0 Å². The molecule has 1 aromatic rings. The Bertz CT molecular complexity index is 704. The van der Waals surface area contributed by atoms with Gasteiger partial charge in [-0.3, -0.25) is 19.0 Å². The molecule has 0 bridgehead atoms. The molecule has 2 rings (SSSR count). The highest BCUT2D eigenvalue weighted by Crippen LogP contribution is 2.24. The molecular weight excluding hydrogens is 310 g/mol. The fraction of sp³-hybridized carbons (Fsp3) is 0.357. The first-order valence-corrected chi connectivity index (χ1v) is 8.13. The van der Waals surface area contributed by atoms with E-state index in [1.165, 1.54) is 19.1 Å². The smallest absolute Gasteiger partial charge is 0.269 e. The summed E-state index contributed by atoms with van der Waals surface area (Å²) in [6.45, 7) is 0.821. The molecule has 22 heavy (non-hydrogen) atoms. The van der Waals surface area contributed by atoms with Gasteiger partial charge in [-0.05, 0) is 25.5 Å². The Balaban J connectivity index is 2.23. The third-order valence-electron chi connectivity index (χ3n) is 3.50. The number of imide groups is 1. The normalized spacial score (nSPS) is 15.8. The van der Waals surface area contributed by atoms with Crippen molar-refractivity contribution in [2.45, 2.75) is 25.0 Å². The Morgan fingerprint density at radius 2 is 1.68 bits per heavy atom. The minimum atomic E-state index is -4.48. The molecule has 0 saturated carbocycles. The number of Topliss-reactive ketones (excluding diaryl/α,β-unsaturated/α-hetero) is 1. The van der Waals surface area contributed by atoms with Crippen LogP contribution in [0.4, 0.5) is 0 Å². The minimum absolute atomic E-state index is 0.0619. The number of nitrogens with zero attached hydrogens (tertiary/aromatic N) is 1. The molecule has 2 amide bonds. The van der Waals surface area contributed by atoms with Crippen molar-refractivity contribution in [2.75, 3.05) is 6.54 Å². The van der Waals surface area contributed by atoms with Gasteiger partial charge in [0.25, 0.3) is 21.9 Å². The second-order valence-corrected chi connectivity index (χ2v) is 6.84. The lowest BCUT2D eigenvalue weighted by Crippen LogP contribution is -2.40. The largest absolute Gasteiger partial charge is 0.300 e. The summed E-state index contributed by atoms with van der Waals surface area (Å²) in [5.41, 5.74) is 0.404. The molecule has 1 aromatic carbocycles. The van der Waals surface area contributed by atoms with Gasteiger partial charge in [0.1, 0.15) is 11.0 Å². The average molecular weight is 325 g/mol. The Morgan fingerprint density at radius 1 is 1.18 bits per heavy atom. The zero-order chi connectivity index (χ0) is 16.5. The van der Waals surface area contributed by atoms with Crippen molar-refractivity contribution in [3.05, 3.63) is 35.4 Å². The molecule has 1 aliphatic heterocycles. The molecule has 1 atom stereocenters. The molecule has 1 heterocycles. The second kappa shape index (κ2) is 5.98. The average Bonchev–Trinajstić information content (AvgIpc) is 2.67. The van der Waals surface area contributed by atoms with Crippen LogP contribution in [-0.2, 0) is 14.9 Å². The topological polar surface area (TPSA) is 109 Å². The fourth-order valence-corrected chi connectivity index (χ4v) is 3.06. The van der Waals surface area contributed by atoms with Gasteiger partial charge in [0.2, 0.25) is 0 Å². The van der Waals surface area contributed by atoms with E-state index in [1.54, 1.807) is 12.1 Å². The van der Waals surface area contributed by atoms with E-state index >= 15 is 0 Å². The van der Waals surface area contributed by atoms with Crippen molar-refractivity contribution in [1.82, 2.24) is 4.90 Å². The summed E-state index contributed by atoms with van der Waals surface area (Å²) in [6, 6.07) is 6.16. The molecule has 0 aliphatic carbocycles. The SMILES string of the molecule is CC(=O)CCC(CN1C(=O)c2ccccc2C1=O)S(=O)(=O)O. The van der Waals surface area contributed by atoms with Crippen molar-refractivity contribution < 1.29 is 27.4 Å². The zero-order valence-corrected chi connectivity index (χ0v) is 12.7. The number of fused-ring (bicyclic) bond motifs is 1. The maximum absolute atomic E-state index is 12.2. The van der Waals surface area contributed by atoms with Crippen LogP contribution in [0.2, 0.25) is 0 Å². The summed E-state index contributed by atoms with van der Waals surface area (Å²) in [7, 11) is -4.48. The van der Waals surface area contributed by atoms with Crippen LogP contribution < -0.4 is 0 Å². The van der Waals surface area contributed by atoms with Gasteiger partial charge in [-0.2, -0.15) is 8.42 Å². The predicted octanol–water partition coefficient (Wildman–Crippen LogP) is 0.908. The van der Waals surface area contributed by atoms with Crippen molar-refractivity contribution in [2.24, 2.45) is 0 Å². The van der Waals surface area contributed by atoms with Crippen LogP contribution in [0.15, 0.2) is 24.3 Å². The zero-order valence-electron chi connectivity index (χ0n) is 11.9. The highest BCUT2D eigenvalue weighted by Gasteiger charge is 2.38. The second-order valence-electron chi connectivity index (χ2n) is 5.14. The summed E-state index contributed by atoms with van der Waals surface area (Å²) in [6.07, 6.45) is -0.213. The van der Waals surface area contributed by atoms with E-state index in [9.17, 15) is 27.4 Å². The first-order chi connectivity index (χ1) is 10.2. The van der Waals surface area contributed by atoms with Crippen LogP contribution in [0.5, 0.6) is 0 Å². The van der Waals surface area contributed by atoms with Crippen LogP contribution >= 0.6 is 0 Å². The van der Waals surface area contributed by atoms with E-state index in [2.05, 4.69) is 0 Å². The van der Waals surface area contributed by atoms with E-state index < -0.39 is 33.7 Å². The first kappa shape index (κ1) is 16.3. The molecule has 0 aromatic heterocycles. The molecule has 0 radical (unpaired) electrons. The van der Waals surface area contributed by atoms with Crippen LogP contribution in [0.25, 0.3) is 0 Å². The third kappa shape index (κ3) is 3.23. The number of ketones is 1. The molecule has 8 heteroatoms. The van der Waals surface area contributed by atoms with Crippen LogP contribution in [0.1, 0.15) is 40.5 Å². The standard InChI is InChI=1S/C14H15NO6S/c1-9(16)6-7-10(22(19,20)21)8-15-13(17)11-4-2-3-5-12(11)14(15)18/h2-5,10H,6-8H2,1H3,(H,19,20,21). The van der Waals surface area contributed by atoms with Gasteiger partial charge in [0, 0.05) is 13.0 Å². The molecule has 0 fully saturated rings. The maximum atomic E-state index is 12.2. The Morgan fingerprint density at radius 3 is 2.09 bits per heavy atom. The summed E-state index contributed by atoms with van der Waals surface area (Å²) in [5.74, 6) is -1.44.